The zero-order chi connectivity index (χ0) is 29.0. The van der Waals surface area contributed by atoms with Gasteiger partial charge in [-0.2, -0.15) is 0 Å². The number of amides is 2. The lowest BCUT2D eigenvalue weighted by Crippen LogP contribution is -2.35. The first-order chi connectivity index (χ1) is 19.1. The van der Waals surface area contributed by atoms with Gasteiger partial charge in [0, 0.05) is 18.9 Å². The van der Waals surface area contributed by atoms with Gasteiger partial charge in [0.1, 0.15) is 0 Å². The molecule has 2 N–H and O–H groups in total. The van der Waals surface area contributed by atoms with Crippen LogP contribution in [-0.4, -0.2) is 52.2 Å². The van der Waals surface area contributed by atoms with Crippen LogP contribution in [0, 0.1) is 29.5 Å². The Morgan fingerprint density at radius 2 is 1.90 bits per heavy atom. The van der Waals surface area contributed by atoms with Crippen LogP contribution in [-0.2, 0) is 19.1 Å². The lowest BCUT2D eigenvalue weighted by Gasteiger charge is -2.33. The highest BCUT2D eigenvalue weighted by molar-refractivity contribution is 6.06. The summed E-state index contributed by atoms with van der Waals surface area (Å²) in [7, 11) is 0. The number of carboxylic acids is 1. The van der Waals surface area contributed by atoms with E-state index in [1.54, 1.807) is 6.07 Å². The monoisotopic (exact) mass is 555 g/mol. The topological polar surface area (TPSA) is 104 Å². The number of ether oxygens (including phenoxy) is 1. The fourth-order valence-electron chi connectivity index (χ4n) is 6.72. The molecule has 1 aromatic rings. The number of nitrogens with zero attached hydrogens (tertiary/aromatic N) is 1. The number of halogens is 1. The number of likely N-dealkylation sites (tertiary alicyclic amines) is 1. The number of allylic oxidation sites excluding steroid dienone is 2. The predicted octanol–water partition coefficient (Wildman–Crippen LogP) is 6.11. The number of hydrogen-bond acceptors (Lipinski definition) is 5. The highest BCUT2D eigenvalue weighted by atomic mass is 19.1. The number of aromatic hydroxyl groups is 1. The summed E-state index contributed by atoms with van der Waals surface area (Å²) in [6, 6.07) is 4.42. The maximum absolute atomic E-state index is 13.9. The fourth-order valence-corrected chi connectivity index (χ4v) is 6.72. The van der Waals surface area contributed by atoms with Gasteiger partial charge in [0.25, 0.3) is 0 Å². The number of phenolic OH excluding ortho intramolecular Hbond substituents is 1. The van der Waals surface area contributed by atoms with Crippen molar-refractivity contribution in [1.82, 2.24) is 4.90 Å². The van der Waals surface area contributed by atoms with Gasteiger partial charge in [-0.25, -0.2) is 4.39 Å². The second kappa shape index (κ2) is 13.1. The minimum Gasteiger partial charge on any atom is -0.505 e. The minimum absolute atomic E-state index is 0.0943. The molecule has 0 radical (unpaired) electrons. The molecule has 3 aliphatic rings. The average molecular weight is 556 g/mol. The van der Waals surface area contributed by atoms with E-state index in [0.717, 1.165) is 25.7 Å². The molecule has 2 amide bonds. The number of rotatable bonds is 13. The van der Waals surface area contributed by atoms with Crippen LogP contribution in [0.25, 0.3) is 6.08 Å². The van der Waals surface area contributed by atoms with Crippen LogP contribution >= 0.6 is 0 Å². The third kappa shape index (κ3) is 6.48. The third-order valence-electron chi connectivity index (χ3n) is 8.65. The summed E-state index contributed by atoms with van der Waals surface area (Å²) < 4.78 is 20.2. The molecule has 2 saturated heterocycles. The standard InChI is InChI=1S/C32H42FNO6/c1-4-8-20(15-21-10-12-26(35)25(33)16-21)11-13-27-29-22(19(2)3)17-23-30(24(29)18-40-27)32(39)34(31(23)38)14-7-5-6-9-28(36)37/h10,12,15-16,19,23-24,27,30,35H,4-9,11,13-14,17-18H2,1-3H3,(H,36,37)/b20-15+/t23-,24+,27-,30-/m1/s1. The number of fused-ring (bicyclic) bond motifs is 3. The summed E-state index contributed by atoms with van der Waals surface area (Å²) in [6.45, 7) is 7.15. The van der Waals surface area contributed by atoms with Crippen molar-refractivity contribution in [3.63, 3.8) is 0 Å². The highest BCUT2D eigenvalue weighted by Gasteiger charge is 2.56. The maximum atomic E-state index is 13.9. The first kappa shape index (κ1) is 30.0. The molecular weight excluding hydrogens is 513 g/mol. The molecule has 4 atom stereocenters. The summed E-state index contributed by atoms with van der Waals surface area (Å²) in [5.74, 6) is -2.63. The van der Waals surface area contributed by atoms with Crippen LogP contribution in [0.15, 0.2) is 34.9 Å². The second-order valence-electron chi connectivity index (χ2n) is 11.7. The van der Waals surface area contributed by atoms with Crippen molar-refractivity contribution in [2.24, 2.45) is 23.7 Å². The normalized spacial score (nSPS) is 24.7. The number of benzene rings is 1. The van der Waals surface area contributed by atoms with Crippen molar-refractivity contribution in [2.45, 2.75) is 84.7 Å². The molecule has 40 heavy (non-hydrogen) atoms. The van der Waals surface area contributed by atoms with Crippen molar-refractivity contribution >= 4 is 23.9 Å². The van der Waals surface area contributed by atoms with Gasteiger partial charge < -0.3 is 14.9 Å². The van der Waals surface area contributed by atoms with Crippen LogP contribution < -0.4 is 0 Å². The predicted molar refractivity (Wildman–Crippen MR) is 150 cm³/mol. The first-order valence-corrected chi connectivity index (χ1v) is 14.7. The quantitative estimate of drug-likeness (QED) is 0.173. The minimum atomic E-state index is -0.832. The van der Waals surface area contributed by atoms with E-state index in [0.29, 0.717) is 44.4 Å². The molecule has 8 heteroatoms. The van der Waals surface area contributed by atoms with Gasteiger partial charge >= 0.3 is 5.97 Å². The van der Waals surface area contributed by atoms with Gasteiger partial charge in [-0.1, -0.05) is 56.9 Å². The number of aliphatic carboxylic acids is 1. The lowest BCUT2D eigenvalue weighted by molar-refractivity contribution is -0.141. The Balaban J connectivity index is 1.48. The van der Waals surface area contributed by atoms with Crippen LogP contribution in [0.2, 0.25) is 0 Å². The van der Waals surface area contributed by atoms with Crippen molar-refractivity contribution in [2.75, 3.05) is 13.2 Å². The van der Waals surface area contributed by atoms with E-state index in [-0.39, 0.29) is 53.8 Å². The summed E-state index contributed by atoms with van der Waals surface area (Å²) in [5.41, 5.74) is 4.33. The molecule has 7 nitrogen and oxygen atoms in total. The number of carbonyl (C=O) groups is 3. The summed E-state index contributed by atoms with van der Waals surface area (Å²) in [6.07, 6.45) is 7.71. The molecule has 0 aromatic heterocycles. The smallest absolute Gasteiger partial charge is 0.303 e. The van der Waals surface area contributed by atoms with E-state index < -0.39 is 11.8 Å². The Kier molecular flexibility index (Phi) is 9.82. The van der Waals surface area contributed by atoms with Crippen molar-refractivity contribution in [3.8, 4) is 5.75 Å². The molecule has 0 unspecified atom stereocenters. The van der Waals surface area contributed by atoms with E-state index in [9.17, 15) is 23.9 Å². The molecule has 0 spiro atoms. The summed E-state index contributed by atoms with van der Waals surface area (Å²) >= 11 is 0. The molecule has 218 valence electrons. The zero-order valence-corrected chi connectivity index (χ0v) is 23.8. The largest absolute Gasteiger partial charge is 0.505 e. The van der Waals surface area contributed by atoms with Crippen molar-refractivity contribution in [3.05, 3.63) is 46.3 Å². The van der Waals surface area contributed by atoms with Gasteiger partial charge in [-0.15, -0.1) is 0 Å². The maximum Gasteiger partial charge on any atom is 0.303 e. The molecule has 0 bridgehead atoms. The Morgan fingerprint density at radius 1 is 1.12 bits per heavy atom. The lowest BCUT2D eigenvalue weighted by atomic mass is 9.67. The van der Waals surface area contributed by atoms with Crippen molar-refractivity contribution in [1.29, 1.82) is 0 Å². The third-order valence-corrected chi connectivity index (χ3v) is 8.65. The first-order valence-electron chi connectivity index (χ1n) is 14.7. The molecule has 2 heterocycles. The van der Waals surface area contributed by atoms with Crippen molar-refractivity contribution < 1.29 is 33.7 Å². The van der Waals surface area contributed by atoms with Crippen LogP contribution in [0.5, 0.6) is 5.75 Å². The Hall–Kier alpha value is -3.00. The van der Waals surface area contributed by atoms with E-state index in [1.165, 1.54) is 33.8 Å². The van der Waals surface area contributed by atoms with Gasteiger partial charge in [-0.3, -0.25) is 19.3 Å². The Bertz CT molecular complexity index is 1190. The molecule has 0 saturated carbocycles. The van der Waals surface area contributed by atoms with Gasteiger partial charge in [0.05, 0.1) is 24.5 Å². The SMILES string of the molecule is CCC/C(=C\c1ccc(O)c(F)c1)CC[C@H]1OC[C@H]2C1=C(C(C)C)C[C@H]1C(=O)N(CCCCCC(=O)O)C(=O)[C@H]12. The van der Waals surface area contributed by atoms with Crippen LogP contribution in [0.4, 0.5) is 4.39 Å². The number of carboxylic acid groups (broad SMARTS) is 1. The zero-order valence-electron chi connectivity index (χ0n) is 23.8. The second-order valence-corrected chi connectivity index (χ2v) is 11.7. The number of unbranched alkanes of at least 4 members (excludes halogenated alkanes) is 2. The Morgan fingerprint density at radius 3 is 2.58 bits per heavy atom. The van der Waals surface area contributed by atoms with E-state index in [2.05, 4.69) is 20.8 Å². The number of phenols is 1. The highest BCUT2D eigenvalue weighted by Crippen LogP contribution is 2.51. The summed E-state index contributed by atoms with van der Waals surface area (Å²) in [5, 5.41) is 18.4. The fraction of sp³-hybridized carbons (Fsp3) is 0.594. The van der Waals surface area contributed by atoms with Crippen LogP contribution in [0.3, 0.4) is 0 Å². The van der Waals surface area contributed by atoms with E-state index in [1.807, 2.05) is 6.08 Å². The average Bonchev–Trinajstić information content (AvgIpc) is 3.43. The number of imide groups is 1. The molecule has 1 aromatic carbocycles. The van der Waals surface area contributed by atoms with Gasteiger partial charge in [-0.05, 0) is 67.7 Å². The van der Waals surface area contributed by atoms with Crippen LogP contribution in [0.1, 0.15) is 84.1 Å². The van der Waals surface area contributed by atoms with E-state index in [4.69, 9.17) is 9.84 Å². The number of hydrogen-bond donors (Lipinski definition) is 2. The van der Waals surface area contributed by atoms with E-state index >= 15 is 0 Å². The molecular formula is C32H42FNO6. The molecule has 2 aliphatic heterocycles. The molecule has 4 rings (SSSR count). The van der Waals surface area contributed by atoms with Gasteiger partial charge in [0.2, 0.25) is 11.8 Å². The summed E-state index contributed by atoms with van der Waals surface area (Å²) in [4.78, 5) is 39.1. The van der Waals surface area contributed by atoms with Gasteiger partial charge in [0.15, 0.2) is 11.6 Å². The molecule has 2 fully saturated rings. The molecule has 1 aliphatic carbocycles. The number of carbonyl (C=O) groups excluding carboxylic acids is 2. The Labute approximate surface area is 236 Å².